The van der Waals surface area contributed by atoms with E-state index in [9.17, 15) is 4.79 Å². The summed E-state index contributed by atoms with van der Waals surface area (Å²) in [6, 6.07) is 35.8. The van der Waals surface area contributed by atoms with E-state index in [1.807, 2.05) is 37.3 Å². The van der Waals surface area contributed by atoms with Crippen LogP contribution in [-0.4, -0.2) is 13.6 Å². The Bertz CT molecular complexity index is 2380. The number of hydrogen-bond donors (Lipinski definition) is 0. The molecule has 0 atom stereocenters. The van der Waals surface area contributed by atoms with Gasteiger partial charge in [0, 0.05) is 61.4 Å². The van der Waals surface area contributed by atoms with Crippen LogP contribution in [-0.2, 0) is 9.53 Å². The molecular weight excluding hydrogens is 687 g/mol. The van der Waals surface area contributed by atoms with E-state index in [1.165, 1.54) is 14.3 Å². The number of nitriles is 1. The van der Waals surface area contributed by atoms with E-state index in [2.05, 4.69) is 88.6 Å². The first-order chi connectivity index (χ1) is 23.9. The number of benzene rings is 3. The van der Waals surface area contributed by atoms with Crippen molar-refractivity contribution in [2.24, 2.45) is 0 Å². The molecule has 0 aliphatic rings. The largest absolute Gasteiger partial charge is 0.497 e. The minimum Gasteiger partial charge on any atom is -0.497 e. The first kappa shape index (κ1) is 32.1. The summed E-state index contributed by atoms with van der Waals surface area (Å²) >= 11 is 6.72. The van der Waals surface area contributed by atoms with Crippen molar-refractivity contribution in [2.75, 3.05) is 12.0 Å². The lowest BCUT2D eigenvalue weighted by atomic mass is 10.1. The molecule has 0 saturated carbocycles. The Hall–Kier alpha value is -5.49. The molecule has 49 heavy (non-hydrogen) atoms. The smallest absolute Gasteiger partial charge is 0.299 e. The highest BCUT2D eigenvalue weighted by molar-refractivity contribution is 7.30. The summed E-state index contributed by atoms with van der Waals surface area (Å²) in [6.07, 6.45) is 3.52. The van der Waals surface area contributed by atoms with Gasteiger partial charge in [0.1, 0.15) is 11.8 Å². The third kappa shape index (κ3) is 6.77. The molecule has 0 radical (unpaired) electrons. The van der Waals surface area contributed by atoms with Gasteiger partial charge in [-0.3, -0.25) is 4.79 Å². The predicted octanol–water partition coefficient (Wildman–Crippen LogP) is 12.4. The summed E-state index contributed by atoms with van der Waals surface area (Å²) < 4.78 is 14.8. The van der Waals surface area contributed by atoms with Crippen molar-refractivity contribution in [3.8, 4) is 32.7 Å². The van der Waals surface area contributed by atoms with Gasteiger partial charge in [0.05, 0.1) is 13.7 Å². The molecule has 0 bridgehead atoms. The summed E-state index contributed by atoms with van der Waals surface area (Å²) in [4.78, 5) is 20.7. The lowest BCUT2D eigenvalue weighted by Crippen LogP contribution is -2.09. The molecular formula is C39H25N3O3S4. The minimum atomic E-state index is -0.0293. The number of allylic oxidation sites excluding steroid dienone is 2. The lowest BCUT2D eigenvalue weighted by Gasteiger charge is -2.26. The number of anilines is 3. The molecule has 10 heteroatoms. The Morgan fingerprint density at radius 2 is 1.20 bits per heavy atom. The van der Waals surface area contributed by atoms with Crippen LogP contribution in [0.3, 0.4) is 0 Å². The van der Waals surface area contributed by atoms with E-state index in [0.29, 0.717) is 5.70 Å². The topological polar surface area (TPSA) is 66.9 Å². The monoisotopic (exact) mass is 711 g/mol. The Balaban J connectivity index is 1.17. The van der Waals surface area contributed by atoms with Crippen LogP contribution < -0.4 is 9.64 Å². The number of rotatable bonds is 10. The van der Waals surface area contributed by atoms with E-state index < -0.39 is 0 Å². The van der Waals surface area contributed by atoms with Crippen LogP contribution in [0, 0.1) is 17.9 Å². The molecule has 0 saturated heterocycles. The summed E-state index contributed by atoms with van der Waals surface area (Å²) in [5, 5.41) is 9.17. The van der Waals surface area contributed by atoms with Gasteiger partial charge in [0.15, 0.2) is 5.70 Å². The molecule has 3 aromatic carbocycles. The Morgan fingerprint density at radius 1 is 0.735 bits per heavy atom. The molecule has 0 N–H and O–H groups in total. The normalized spacial score (nSPS) is 11.8. The third-order valence-corrected chi connectivity index (χ3v) is 12.3. The summed E-state index contributed by atoms with van der Waals surface area (Å²) in [5.41, 5.74) is 6.04. The van der Waals surface area contributed by atoms with E-state index >= 15 is 0 Å². The number of thiophene rings is 4. The van der Waals surface area contributed by atoms with Gasteiger partial charge < -0.3 is 14.4 Å². The molecule has 0 amide bonds. The van der Waals surface area contributed by atoms with E-state index in [1.54, 1.807) is 58.5 Å². The fourth-order valence-electron chi connectivity index (χ4n) is 5.38. The van der Waals surface area contributed by atoms with Crippen molar-refractivity contribution in [3.63, 3.8) is 0 Å². The molecule has 0 fully saturated rings. The van der Waals surface area contributed by atoms with Gasteiger partial charge in [0.25, 0.3) is 6.47 Å². The van der Waals surface area contributed by atoms with Crippen molar-refractivity contribution in [1.29, 1.82) is 5.26 Å². The first-order valence-corrected chi connectivity index (χ1v) is 18.2. The van der Waals surface area contributed by atoms with Gasteiger partial charge in [-0.15, -0.1) is 45.3 Å². The maximum absolute atomic E-state index is 10.6. The van der Waals surface area contributed by atoms with Gasteiger partial charge in [-0.1, -0.05) is 24.3 Å². The zero-order chi connectivity index (χ0) is 33.9. The first-order valence-electron chi connectivity index (χ1n) is 14.9. The molecule has 7 rings (SSSR count). The molecule has 0 unspecified atom stereocenters. The van der Waals surface area contributed by atoms with Crippen molar-refractivity contribution >= 4 is 99.8 Å². The van der Waals surface area contributed by atoms with Crippen molar-refractivity contribution in [2.45, 2.75) is 6.92 Å². The zero-order valence-electron chi connectivity index (χ0n) is 26.2. The van der Waals surface area contributed by atoms with Gasteiger partial charge >= 0.3 is 0 Å². The van der Waals surface area contributed by atoms with Crippen LogP contribution in [0.15, 0.2) is 109 Å². The van der Waals surface area contributed by atoms with Crippen LogP contribution in [0.4, 0.5) is 17.1 Å². The number of carbonyl (C=O) groups is 1. The van der Waals surface area contributed by atoms with E-state index in [4.69, 9.17) is 21.3 Å². The average Bonchev–Trinajstić information content (AvgIpc) is 3.89. The number of methoxy groups -OCH3 is 1. The summed E-state index contributed by atoms with van der Waals surface area (Å²) in [6.45, 7) is 9.31. The SMILES string of the molecule is [C-]#[N+]/C(C)=C\c1cc2sc(-c3ccc(N(c4ccc(OC)cc4)c4ccc(-c5cc6sc(/C=C(\C#N)OC=O)cc6s5)cc4)cc3)cc2s1. The van der Waals surface area contributed by atoms with Crippen LogP contribution in [0.2, 0.25) is 0 Å². The highest BCUT2D eigenvalue weighted by Crippen LogP contribution is 2.43. The van der Waals surface area contributed by atoms with Gasteiger partial charge in [0.2, 0.25) is 5.76 Å². The van der Waals surface area contributed by atoms with E-state index in [0.717, 1.165) is 58.0 Å². The van der Waals surface area contributed by atoms with E-state index in [-0.39, 0.29) is 12.2 Å². The zero-order valence-corrected chi connectivity index (χ0v) is 29.4. The molecule has 238 valence electrons. The number of hydrogen-bond acceptors (Lipinski definition) is 9. The molecule has 0 spiro atoms. The third-order valence-electron chi connectivity index (χ3n) is 7.69. The van der Waals surface area contributed by atoms with Gasteiger partial charge in [-0.05, 0) is 96.9 Å². The maximum atomic E-state index is 10.6. The minimum absolute atomic E-state index is 0.0293. The van der Waals surface area contributed by atoms with Crippen LogP contribution >= 0.6 is 45.3 Å². The fourth-order valence-corrected chi connectivity index (χ4v) is 10.1. The number of ether oxygens (including phenoxy) is 2. The Morgan fingerprint density at radius 3 is 1.63 bits per heavy atom. The van der Waals surface area contributed by atoms with Crippen molar-refractivity contribution < 1.29 is 14.3 Å². The number of fused-ring (bicyclic) bond motifs is 2. The second kappa shape index (κ2) is 13.9. The highest BCUT2D eigenvalue weighted by atomic mass is 32.1. The molecule has 7 aromatic rings. The molecule has 0 aliphatic carbocycles. The highest BCUT2D eigenvalue weighted by Gasteiger charge is 2.16. The molecule has 4 heterocycles. The van der Waals surface area contributed by atoms with Gasteiger partial charge in [-0.25, -0.2) is 4.85 Å². The van der Waals surface area contributed by atoms with Crippen molar-refractivity contribution in [1.82, 2.24) is 0 Å². The van der Waals surface area contributed by atoms with Crippen LogP contribution in [0.25, 0.3) is 56.7 Å². The Labute approximate surface area is 299 Å². The predicted molar refractivity (Wildman–Crippen MR) is 206 cm³/mol. The van der Waals surface area contributed by atoms with Crippen molar-refractivity contribution in [3.05, 3.63) is 130 Å². The summed E-state index contributed by atoms with van der Waals surface area (Å²) in [7, 11) is 1.67. The molecule has 6 nitrogen and oxygen atoms in total. The lowest BCUT2D eigenvalue weighted by molar-refractivity contribution is -0.124. The average molecular weight is 712 g/mol. The fraction of sp³-hybridized carbons (Fsp3) is 0.0513. The molecule has 0 aliphatic heterocycles. The molecule has 4 aromatic heterocycles. The van der Waals surface area contributed by atoms with Crippen LogP contribution in [0.5, 0.6) is 5.75 Å². The second-order valence-corrected chi connectivity index (χ2v) is 15.2. The maximum Gasteiger partial charge on any atom is 0.299 e. The number of carbonyl (C=O) groups excluding carboxylic acids is 1. The van der Waals surface area contributed by atoms with Gasteiger partial charge in [-0.2, -0.15) is 5.26 Å². The van der Waals surface area contributed by atoms with Crippen LogP contribution in [0.1, 0.15) is 16.7 Å². The number of nitrogens with zero attached hydrogens (tertiary/aromatic N) is 3. The Kier molecular flexibility index (Phi) is 9.12. The standard InChI is InChI=1S/C39H25N3O3S4/c1-24(41-2)16-32-18-36-38(46-32)20-34(48-36)25-4-8-27(9-5-25)42(29-12-14-30(44-3)15-13-29)28-10-6-26(7-11-28)35-21-39-37(49-35)19-33(47-39)17-31(22-40)45-23-43/h4-21,23H,1,3H3/b24-16-,31-17+. The summed E-state index contributed by atoms with van der Waals surface area (Å²) in [5.74, 6) is 0.768. The quantitative estimate of drug-likeness (QED) is 0.0611. The second-order valence-electron chi connectivity index (χ2n) is 10.8.